The number of benzene rings is 9. The maximum atomic E-state index is 5.23. The van der Waals surface area contributed by atoms with Gasteiger partial charge in [-0.25, -0.2) is 24.9 Å². The molecular weight excluding hydrogens is 779 g/mol. The second-order valence-corrected chi connectivity index (χ2v) is 15.8. The van der Waals surface area contributed by atoms with Crippen LogP contribution in [0.5, 0.6) is 0 Å². The van der Waals surface area contributed by atoms with Gasteiger partial charge in [-0.3, -0.25) is 0 Å². The Morgan fingerprint density at radius 3 is 1.09 bits per heavy atom. The standard InChI is InChI=1S/C59H39N5/c1-5-17-40(18-6-1)51-36-52(41-19-7-2-8-20-41)38-53(37-51)59-63-57(44-24-11-4-12-25-44)62-58(64-59)50-30-16-28-47(35-50)46-27-15-29-48(34-46)54-39-55(61-56(60-54)43-22-9-3-10-23-43)49-32-31-42-21-13-14-26-45(42)33-49/h1-39H. The summed E-state index contributed by atoms with van der Waals surface area (Å²) in [5.41, 5.74) is 13.9. The van der Waals surface area contributed by atoms with Gasteiger partial charge in [-0.1, -0.05) is 194 Å². The van der Waals surface area contributed by atoms with Crippen molar-refractivity contribution >= 4 is 10.8 Å². The first-order chi connectivity index (χ1) is 31.7. The fourth-order valence-electron chi connectivity index (χ4n) is 8.21. The average Bonchev–Trinajstić information content (AvgIpc) is 3.39. The van der Waals surface area contributed by atoms with E-state index in [9.17, 15) is 0 Å². The summed E-state index contributed by atoms with van der Waals surface area (Å²) in [5, 5.41) is 2.36. The van der Waals surface area contributed by atoms with Crippen LogP contribution in [0.2, 0.25) is 0 Å². The summed E-state index contributed by atoms with van der Waals surface area (Å²) >= 11 is 0. The molecule has 9 aromatic carbocycles. The van der Waals surface area contributed by atoms with Crippen molar-refractivity contribution in [1.29, 1.82) is 0 Å². The van der Waals surface area contributed by atoms with Crippen molar-refractivity contribution in [3.8, 4) is 101 Å². The molecular formula is C59H39N5. The number of fused-ring (bicyclic) bond motifs is 1. The van der Waals surface area contributed by atoms with Crippen LogP contribution in [-0.4, -0.2) is 24.9 Å². The Kier molecular flexibility index (Phi) is 10.2. The third-order valence-corrected chi connectivity index (χ3v) is 11.5. The lowest BCUT2D eigenvalue weighted by Gasteiger charge is -2.13. The Labute approximate surface area is 372 Å². The van der Waals surface area contributed by atoms with Gasteiger partial charge in [-0.15, -0.1) is 0 Å². The molecule has 0 aliphatic rings. The molecule has 0 unspecified atom stereocenters. The van der Waals surface area contributed by atoms with E-state index in [0.29, 0.717) is 23.3 Å². The fraction of sp³-hybridized carbons (Fsp3) is 0. The summed E-state index contributed by atoms with van der Waals surface area (Å²) < 4.78 is 0. The second-order valence-electron chi connectivity index (χ2n) is 15.8. The van der Waals surface area contributed by atoms with Gasteiger partial charge < -0.3 is 0 Å². The average molecular weight is 818 g/mol. The molecule has 300 valence electrons. The molecule has 0 spiro atoms. The van der Waals surface area contributed by atoms with Gasteiger partial charge in [0.2, 0.25) is 0 Å². The fourth-order valence-corrected chi connectivity index (χ4v) is 8.21. The quantitative estimate of drug-likeness (QED) is 0.145. The van der Waals surface area contributed by atoms with Crippen molar-refractivity contribution in [2.75, 3.05) is 0 Å². The van der Waals surface area contributed by atoms with Crippen LogP contribution in [0.3, 0.4) is 0 Å². The summed E-state index contributed by atoms with van der Waals surface area (Å²) in [5.74, 6) is 2.49. The normalized spacial score (nSPS) is 11.1. The molecule has 11 aromatic rings. The summed E-state index contributed by atoms with van der Waals surface area (Å²) in [7, 11) is 0. The highest BCUT2D eigenvalue weighted by atomic mass is 15.0. The maximum absolute atomic E-state index is 5.23. The highest BCUT2D eigenvalue weighted by molar-refractivity contribution is 5.88. The Balaban J connectivity index is 1.01. The van der Waals surface area contributed by atoms with E-state index in [-0.39, 0.29) is 0 Å². The lowest BCUT2D eigenvalue weighted by molar-refractivity contribution is 1.07. The molecule has 0 saturated carbocycles. The summed E-state index contributed by atoms with van der Waals surface area (Å²) in [6, 6.07) is 81.8. The van der Waals surface area contributed by atoms with E-state index in [1.165, 1.54) is 10.8 Å². The molecule has 0 amide bonds. The summed E-state index contributed by atoms with van der Waals surface area (Å²) in [6.07, 6.45) is 0. The monoisotopic (exact) mass is 817 g/mol. The van der Waals surface area contributed by atoms with Gasteiger partial charge in [-0.05, 0) is 86.6 Å². The first kappa shape index (κ1) is 38.3. The highest BCUT2D eigenvalue weighted by Crippen LogP contribution is 2.36. The molecule has 5 nitrogen and oxygen atoms in total. The minimum Gasteiger partial charge on any atom is -0.228 e. The van der Waals surface area contributed by atoms with Gasteiger partial charge in [0.15, 0.2) is 23.3 Å². The molecule has 0 aliphatic heterocycles. The Hall–Kier alpha value is -8.67. The number of rotatable bonds is 9. The largest absolute Gasteiger partial charge is 0.228 e. The van der Waals surface area contributed by atoms with Crippen LogP contribution < -0.4 is 0 Å². The predicted octanol–water partition coefficient (Wildman–Crippen LogP) is 14.8. The number of aromatic nitrogens is 5. The van der Waals surface area contributed by atoms with Crippen LogP contribution >= 0.6 is 0 Å². The van der Waals surface area contributed by atoms with Crippen LogP contribution in [-0.2, 0) is 0 Å². The molecule has 0 atom stereocenters. The smallest absolute Gasteiger partial charge is 0.164 e. The number of hydrogen-bond acceptors (Lipinski definition) is 5. The van der Waals surface area contributed by atoms with Crippen molar-refractivity contribution < 1.29 is 0 Å². The van der Waals surface area contributed by atoms with Crippen LogP contribution in [0.4, 0.5) is 0 Å². The Morgan fingerprint density at radius 2 is 0.531 bits per heavy atom. The van der Waals surface area contributed by atoms with Gasteiger partial charge in [0.05, 0.1) is 11.4 Å². The van der Waals surface area contributed by atoms with E-state index in [4.69, 9.17) is 24.9 Å². The lowest BCUT2D eigenvalue weighted by Crippen LogP contribution is -2.00. The highest BCUT2D eigenvalue weighted by Gasteiger charge is 2.17. The van der Waals surface area contributed by atoms with E-state index in [0.717, 1.165) is 78.1 Å². The second kappa shape index (κ2) is 17.0. The summed E-state index contributed by atoms with van der Waals surface area (Å²) in [6.45, 7) is 0. The molecule has 0 aliphatic carbocycles. The number of nitrogens with zero attached hydrogens (tertiary/aromatic N) is 5. The topological polar surface area (TPSA) is 64.5 Å². The zero-order valence-corrected chi connectivity index (χ0v) is 34.8. The minimum atomic E-state index is 0.594. The third-order valence-electron chi connectivity index (χ3n) is 11.5. The van der Waals surface area contributed by atoms with Crippen molar-refractivity contribution in [1.82, 2.24) is 24.9 Å². The molecule has 0 bridgehead atoms. The zero-order valence-electron chi connectivity index (χ0n) is 34.8. The number of hydrogen-bond donors (Lipinski definition) is 0. The van der Waals surface area contributed by atoms with Crippen LogP contribution in [0.25, 0.3) is 112 Å². The molecule has 0 fully saturated rings. The molecule has 2 heterocycles. The van der Waals surface area contributed by atoms with Crippen molar-refractivity contribution in [3.63, 3.8) is 0 Å². The Morgan fingerprint density at radius 1 is 0.172 bits per heavy atom. The Bertz CT molecular complexity index is 3370. The van der Waals surface area contributed by atoms with Crippen LogP contribution in [0.15, 0.2) is 237 Å². The van der Waals surface area contributed by atoms with E-state index in [1.807, 2.05) is 60.7 Å². The molecule has 0 N–H and O–H groups in total. The first-order valence-electron chi connectivity index (χ1n) is 21.4. The SMILES string of the molecule is c1ccc(-c2cc(-c3ccccc3)cc(-c3nc(-c4ccccc4)nc(-c4cccc(-c5cccc(-c6cc(-c7ccc8ccccc8c7)nc(-c7ccccc7)n6)c5)c4)n3)c2)cc1. The van der Waals surface area contributed by atoms with Crippen molar-refractivity contribution in [3.05, 3.63) is 237 Å². The zero-order chi connectivity index (χ0) is 42.7. The summed E-state index contributed by atoms with van der Waals surface area (Å²) in [4.78, 5) is 25.7. The third kappa shape index (κ3) is 7.97. The molecule has 5 heteroatoms. The predicted molar refractivity (Wildman–Crippen MR) is 262 cm³/mol. The van der Waals surface area contributed by atoms with Gasteiger partial charge in [-0.2, -0.15) is 0 Å². The molecule has 0 saturated heterocycles. The van der Waals surface area contributed by atoms with Crippen LogP contribution in [0.1, 0.15) is 0 Å². The van der Waals surface area contributed by atoms with Gasteiger partial charge >= 0.3 is 0 Å². The van der Waals surface area contributed by atoms with E-state index in [1.54, 1.807) is 0 Å². The molecule has 2 aromatic heterocycles. The molecule has 64 heavy (non-hydrogen) atoms. The van der Waals surface area contributed by atoms with Gasteiger partial charge in [0.1, 0.15) is 0 Å². The van der Waals surface area contributed by atoms with E-state index < -0.39 is 0 Å². The van der Waals surface area contributed by atoms with Crippen LogP contribution in [0, 0.1) is 0 Å². The van der Waals surface area contributed by atoms with Gasteiger partial charge in [0, 0.05) is 33.4 Å². The van der Waals surface area contributed by atoms with E-state index >= 15 is 0 Å². The van der Waals surface area contributed by atoms with Gasteiger partial charge in [0.25, 0.3) is 0 Å². The van der Waals surface area contributed by atoms with Crippen molar-refractivity contribution in [2.45, 2.75) is 0 Å². The molecule has 0 radical (unpaired) electrons. The maximum Gasteiger partial charge on any atom is 0.164 e. The van der Waals surface area contributed by atoms with E-state index in [2.05, 4.69) is 176 Å². The lowest BCUT2D eigenvalue weighted by atomic mass is 9.96. The minimum absolute atomic E-state index is 0.594. The first-order valence-corrected chi connectivity index (χ1v) is 21.4. The molecule has 11 rings (SSSR count). The van der Waals surface area contributed by atoms with Crippen molar-refractivity contribution in [2.24, 2.45) is 0 Å².